The van der Waals surface area contributed by atoms with Crippen molar-refractivity contribution in [3.05, 3.63) is 11.8 Å². The molecule has 0 aromatic rings. The summed E-state index contributed by atoms with van der Waals surface area (Å²) in [5, 5.41) is 0.892. The van der Waals surface area contributed by atoms with E-state index in [9.17, 15) is 0 Å². The summed E-state index contributed by atoms with van der Waals surface area (Å²) in [5.74, 6) is 0. The topological polar surface area (TPSA) is 12.4 Å². The second-order valence-corrected chi connectivity index (χ2v) is 2.28. The van der Waals surface area contributed by atoms with Crippen molar-refractivity contribution in [2.45, 2.75) is 12.8 Å². The van der Waals surface area contributed by atoms with E-state index < -0.39 is 0 Å². The maximum atomic E-state index is 4.14. The number of allylic oxidation sites excluding steroid dienone is 2. The predicted molar refractivity (Wildman–Crippen MR) is 39.6 cm³/mol. The van der Waals surface area contributed by atoms with Gasteiger partial charge in [-0.05, 0) is 12.8 Å². The Hall–Kier alpha value is -0.110. The number of aliphatic imine (C=N–C) groups is 1. The largest absolute Gasteiger partial charge is 0.265 e. The lowest BCUT2D eigenvalue weighted by molar-refractivity contribution is 1.05. The summed E-state index contributed by atoms with van der Waals surface area (Å²) >= 11 is 3.33. The molecule has 0 bridgehead atoms. The third kappa shape index (κ3) is 1.44. The van der Waals surface area contributed by atoms with Crippen LogP contribution in [0.2, 0.25) is 0 Å². The Balaban J connectivity index is 2.51. The molecule has 44 valence electrons. The minimum Gasteiger partial charge on any atom is -0.265 e. The minimum atomic E-state index is 0.892. The van der Waals surface area contributed by atoms with Gasteiger partial charge in [0.15, 0.2) is 0 Å². The molecule has 1 aliphatic rings. The molecule has 0 aromatic heterocycles. The van der Waals surface area contributed by atoms with Crippen molar-refractivity contribution in [3.8, 4) is 0 Å². The fourth-order valence-corrected chi connectivity index (χ4v) is 1.02. The summed E-state index contributed by atoms with van der Waals surface area (Å²) in [5.41, 5.74) is 1.16. The quantitative estimate of drug-likeness (QED) is 0.540. The van der Waals surface area contributed by atoms with Crippen molar-refractivity contribution in [2.75, 3.05) is 5.33 Å². The van der Waals surface area contributed by atoms with Gasteiger partial charge in [0.1, 0.15) is 0 Å². The monoisotopic (exact) mass is 173 g/mol. The second kappa shape index (κ2) is 3.02. The van der Waals surface area contributed by atoms with Gasteiger partial charge in [-0.2, -0.15) is 0 Å². The van der Waals surface area contributed by atoms with Crippen LogP contribution in [0.25, 0.3) is 0 Å². The third-order valence-corrected chi connectivity index (χ3v) is 1.64. The molecule has 0 spiro atoms. The van der Waals surface area contributed by atoms with Gasteiger partial charge in [0.05, 0.1) is 0 Å². The normalized spacial score (nSPS) is 18.4. The summed E-state index contributed by atoms with van der Waals surface area (Å²) in [6.45, 7) is 0. The maximum absolute atomic E-state index is 4.14. The van der Waals surface area contributed by atoms with E-state index in [1.807, 2.05) is 6.21 Å². The molecule has 0 aromatic carbocycles. The lowest BCUT2D eigenvalue weighted by Gasteiger charge is -1.99. The van der Waals surface area contributed by atoms with Crippen molar-refractivity contribution in [3.63, 3.8) is 0 Å². The number of halogens is 1. The molecule has 0 N–H and O–H groups in total. The Labute approximate surface area is 57.6 Å². The van der Waals surface area contributed by atoms with Crippen LogP contribution >= 0.6 is 15.9 Å². The fraction of sp³-hybridized carbons (Fsp3) is 0.500. The molecule has 1 aliphatic heterocycles. The minimum absolute atomic E-state index is 0.892. The molecule has 0 fully saturated rings. The molecule has 0 aliphatic carbocycles. The van der Waals surface area contributed by atoms with Crippen LogP contribution < -0.4 is 0 Å². The number of alkyl halides is 1. The van der Waals surface area contributed by atoms with Crippen LogP contribution in [0.15, 0.2) is 16.8 Å². The van der Waals surface area contributed by atoms with Crippen LogP contribution in [0.1, 0.15) is 12.8 Å². The lowest BCUT2D eigenvalue weighted by atomic mass is 10.2. The Bertz CT molecular complexity index is 126. The molecule has 8 heavy (non-hydrogen) atoms. The zero-order valence-electron chi connectivity index (χ0n) is 4.60. The van der Waals surface area contributed by atoms with Crippen LogP contribution in [0.3, 0.4) is 0 Å². The molecule has 0 saturated carbocycles. The highest BCUT2D eigenvalue weighted by atomic mass is 79.9. The fourth-order valence-electron chi connectivity index (χ4n) is 0.648. The molecule has 0 unspecified atom stereocenters. The highest BCUT2D eigenvalue weighted by Crippen LogP contribution is 2.07. The van der Waals surface area contributed by atoms with E-state index in [1.165, 1.54) is 0 Å². The first-order chi connectivity index (χ1) is 3.93. The molecule has 1 rings (SSSR count). The van der Waals surface area contributed by atoms with Crippen molar-refractivity contribution in [1.29, 1.82) is 0 Å². The van der Waals surface area contributed by atoms with Gasteiger partial charge in [0.25, 0.3) is 0 Å². The number of nitrogens with zero attached hydrogens (tertiary/aromatic N) is 1. The average molecular weight is 174 g/mol. The molecular formula is C6H8BrN. The Morgan fingerprint density at radius 3 is 2.88 bits per heavy atom. The Morgan fingerprint density at radius 2 is 2.50 bits per heavy atom. The lowest BCUT2D eigenvalue weighted by Crippen LogP contribution is -1.88. The smallest absolute Gasteiger partial charge is 0.0465 e. The first-order valence-corrected chi connectivity index (χ1v) is 3.83. The third-order valence-electron chi connectivity index (χ3n) is 1.07. The maximum Gasteiger partial charge on any atom is 0.0465 e. The van der Waals surface area contributed by atoms with Crippen LogP contribution in [0.5, 0.6) is 0 Å². The Kier molecular flexibility index (Phi) is 2.27. The van der Waals surface area contributed by atoms with Gasteiger partial charge in [-0.25, -0.2) is 0 Å². The average Bonchev–Trinajstić information content (AvgIpc) is 1.90. The second-order valence-electron chi connectivity index (χ2n) is 1.72. The summed E-state index contributed by atoms with van der Waals surface area (Å²) in [4.78, 5) is 4.14. The summed E-state index contributed by atoms with van der Waals surface area (Å²) in [7, 11) is 0. The number of hydrogen-bond acceptors (Lipinski definition) is 1. The van der Waals surface area contributed by atoms with Gasteiger partial charge in [-0.3, -0.25) is 4.99 Å². The molecule has 1 nitrogen and oxygen atoms in total. The SMILES string of the molecule is BrCC1=CCCC=N1. The first kappa shape index (κ1) is 6.02. The van der Waals surface area contributed by atoms with Gasteiger partial charge < -0.3 is 0 Å². The highest BCUT2D eigenvalue weighted by Gasteiger charge is 1.93. The zero-order chi connectivity index (χ0) is 5.82. The summed E-state index contributed by atoms with van der Waals surface area (Å²) < 4.78 is 0. The Morgan fingerprint density at radius 1 is 1.62 bits per heavy atom. The predicted octanol–water partition coefficient (Wildman–Crippen LogP) is 2.13. The van der Waals surface area contributed by atoms with E-state index in [2.05, 4.69) is 27.0 Å². The molecule has 0 amide bonds. The van der Waals surface area contributed by atoms with Crippen molar-refractivity contribution in [1.82, 2.24) is 0 Å². The van der Waals surface area contributed by atoms with Gasteiger partial charge in [-0.1, -0.05) is 22.0 Å². The van der Waals surface area contributed by atoms with E-state index in [1.54, 1.807) is 0 Å². The molecular weight excluding hydrogens is 166 g/mol. The number of hydrogen-bond donors (Lipinski definition) is 0. The molecule has 0 radical (unpaired) electrons. The van der Waals surface area contributed by atoms with Gasteiger partial charge in [0.2, 0.25) is 0 Å². The summed E-state index contributed by atoms with van der Waals surface area (Å²) in [6.07, 6.45) is 6.40. The van der Waals surface area contributed by atoms with Gasteiger partial charge in [-0.15, -0.1) is 0 Å². The van der Waals surface area contributed by atoms with Gasteiger partial charge in [0, 0.05) is 17.2 Å². The van der Waals surface area contributed by atoms with Crippen LogP contribution in [-0.2, 0) is 0 Å². The van der Waals surface area contributed by atoms with Crippen LogP contribution in [-0.4, -0.2) is 11.5 Å². The van der Waals surface area contributed by atoms with E-state index in [4.69, 9.17) is 0 Å². The van der Waals surface area contributed by atoms with Crippen LogP contribution in [0.4, 0.5) is 0 Å². The van der Waals surface area contributed by atoms with E-state index in [0.717, 1.165) is 23.9 Å². The van der Waals surface area contributed by atoms with Crippen molar-refractivity contribution >= 4 is 22.1 Å². The standard InChI is InChI=1S/C6H8BrN/c7-5-6-3-1-2-4-8-6/h3-4H,1-2,5H2. The molecule has 2 heteroatoms. The summed E-state index contributed by atoms with van der Waals surface area (Å²) in [6, 6.07) is 0. The van der Waals surface area contributed by atoms with Crippen LogP contribution in [0, 0.1) is 0 Å². The van der Waals surface area contributed by atoms with E-state index in [-0.39, 0.29) is 0 Å². The number of rotatable bonds is 1. The zero-order valence-corrected chi connectivity index (χ0v) is 6.19. The van der Waals surface area contributed by atoms with Gasteiger partial charge >= 0.3 is 0 Å². The van der Waals surface area contributed by atoms with Crippen molar-refractivity contribution in [2.24, 2.45) is 4.99 Å². The van der Waals surface area contributed by atoms with E-state index in [0.29, 0.717) is 0 Å². The molecule has 0 saturated heterocycles. The van der Waals surface area contributed by atoms with Crippen molar-refractivity contribution < 1.29 is 0 Å². The highest BCUT2D eigenvalue weighted by molar-refractivity contribution is 9.09. The molecule has 1 heterocycles. The molecule has 0 atom stereocenters. The first-order valence-electron chi connectivity index (χ1n) is 2.71. The van der Waals surface area contributed by atoms with E-state index >= 15 is 0 Å².